The van der Waals surface area contributed by atoms with Crippen molar-refractivity contribution in [1.82, 2.24) is 15.0 Å². The quantitative estimate of drug-likeness (QED) is 0.786. The van der Waals surface area contributed by atoms with Crippen molar-refractivity contribution in [2.45, 2.75) is 26.2 Å². The lowest BCUT2D eigenvalue weighted by Gasteiger charge is -2.01. The molecule has 0 spiro atoms. The summed E-state index contributed by atoms with van der Waals surface area (Å²) in [6.45, 7) is 3.80. The van der Waals surface area contributed by atoms with Crippen LogP contribution in [0.25, 0.3) is 22.4 Å². The Hall–Kier alpha value is -2.61. The summed E-state index contributed by atoms with van der Waals surface area (Å²) < 4.78 is 5.53. The number of rotatable bonds is 3. The number of benzene rings is 1. The first kappa shape index (κ1) is 12.4. The highest BCUT2D eigenvalue weighted by Gasteiger charge is 2.13. The molecule has 3 aromatic rings. The van der Waals surface area contributed by atoms with Gasteiger partial charge in [-0.25, -0.2) is 9.97 Å². The van der Waals surface area contributed by atoms with E-state index in [-0.39, 0.29) is 5.92 Å². The number of fused-ring (bicyclic) bond motifs is 1. The number of imidazole rings is 1. The Morgan fingerprint density at radius 1 is 1.45 bits per heavy atom. The van der Waals surface area contributed by atoms with Crippen molar-refractivity contribution in [3.05, 3.63) is 36.1 Å². The van der Waals surface area contributed by atoms with Crippen LogP contribution in [0, 0.1) is 18.3 Å². The minimum Gasteiger partial charge on any atom is -0.441 e. The molecule has 20 heavy (non-hydrogen) atoms. The number of aryl methyl sites for hydroxylation is 1. The number of hydrogen-bond acceptors (Lipinski definition) is 4. The summed E-state index contributed by atoms with van der Waals surface area (Å²) in [6.07, 6.45) is 2.49. The summed E-state index contributed by atoms with van der Waals surface area (Å²) in [4.78, 5) is 11.8. The van der Waals surface area contributed by atoms with Gasteiger partial charge in [-0.15, -0.1) is 0 Å². The predicted octanol–water partition coefficient (Wildman–Crippen LogP) is 3.54. The molecule has 0 saturated carbocycles. The second-order valence-corrected chi connectivity index (χ2v) is 4.69. The van der Waals surface area contributed by atoms with Crippen LogP contribution in [-0.2, 0) is 0 Å². The first-order valence-corrected chi connectivity index (χ1v) is 6.53. The fourth-order valence-electron chi connectivity index (χ4n) is 2.21. The van der Waals surface area contributed by atoms with Gasteiger partial charge in [0.1, 0.15) is 17.3 Å². The van der Waals surface area contributed by atoms with E-state index in [0.717, 1.165) is 28.8 Å². The molecule has 1 unspecified atom stereocenters. The van der Waals surface area contributed by atoms with Crippen molar-refractivity contribution in [3.63, 3.8) is 0 Å². The minimum absolute atomic E-state index is 0.194. The van der Waals surface area contributed by atoms with Gasteiger partial charge in [0.25, 0.3) is 0 Å². The zero-order valence-electron chi connectivity index (χ0n) is 11.3. The highest BCUT2D eigenvalue weighted by molar-refractivity contribution is 5.79. The van der Waals surface area contributed by atoms with Gasteiger partial charge >= 0.3 is 0 Å². The zero-order valence-corrected chi connectivity index (χ0v) is 11.3. The predicted molar refractivity (Wildman–Crippen MR) is 75.0 cm³/mol. The van der Waals surface area contributed by atoms with E-state index in [1.165, 1.54) is 0 Å². The van der Waals surface area contributed by atoms with Crippen LogP contribution in [0.3, 0.4) is 0 Å². The van der Waals surface area contributed by atoms with Gasteiger partial charge in [-0.2, -0.15) is 5.26 Å². The number of oxazole rings is 1. The molecule has 3 rings (SSSR count). The maximum Gasteiger partial charge on any atom is 0.192 e. The fraction of sp³-hybridized carbons (Fsp3) is 0.267. The molecule has 1 N–H and O–H groups in total. The number of H-pyrrole nitrogens is 1. The number of hydrogen-bond donors (Lipinski definition) is 1. The molecule has 100 valence electrons. The third-order valence-corrected chi connectivity index (χ3v) is 3.30. The van der Waals surface area contributed by atoms with Crippen molar-refractivity contribution in [2.24, 2.45) is 0 Å². The lowest BCUT2D eigenvalue weighted by Crippen LogP contribution is -1.95. The molecule has 0 aliphatic heterocycles. The molecule has 0 fully saturated rings. The summed E-state index contributed by atoms with van der Waals surface area (Å²) in [5.41, 5.74) is 3.45. The van der Waals surface area contributed by atoms with Crippen molar-refractivity contribution < 1.29 is 4.42 Å². The van der Waals surface area contributed by atoms with Gasteiger partial charge in [-0.3, -0.25) is 0 Å². The van der Waals surface area contributed by atoms with Crippen LogP contribution in [-0.4, -0.2) is 15.0 Å². The van der Waals surface area contributed by atoms with Crippen LogP contribution in [0.2, 0.25) is 0 Å². The molecule has 1 atom stereocenters. The molecule has 5 nitrogen and oxygen atoms in total. The maximum atomic E-state index is 9.07. The van der Waals surface area contributed by atoms with Crippen molar-refractivity contribution >= 4 is 11.1 Å². The molecule has 0 aliphatic rings. The Morgan fingerprint density at radius 3 is 3.05 bits per heavy atom. The SMILES string of the molecule is CCC(C#N)c1ncc(-c2ccc3nc(C)oc3c2)[nH]1. The number of aromatic amines is 1. The topological polar surface area (TPSA) is 78.5 Å². The highest BCUT2D eigenvalue weighted by atomic mass is 16.3. The Bertz CT molecular complexity index is 794. The second-order valence-electron chi connectivity index (χ2n) is 4.69. The van der Waals surface area contributed by atoms with Gasteiger partial charge in [0, 0.05) is 12.5 Å². The molecule has 0 amide bonds. The Kier molecular flexibility index (Phi) is 2.99. The van der Waals surface area contributed by atoms with Crippen LogP contribution in [0.5, 0.6) is 0 Å². The van der Waals surface area contributed by atoms with E-state index in [0.29, 0.717) is 11.7 Å². The van der Waals surface area contributed by atoms with Crippen molar-refractivity contribution in [1.29, 1.82) is 5.26 Å². The maximum absolute atomic E-state index is 9.07. The van der Waals surface area contributed by atoms with Gasteiger partial charge in [-0.05, 0) is 18.6 Å². The van der Waals surface area contributed by atoms with Crippen LogP contribution >= 0.6 is 0 Å². The van der Waals surface area contributed by atoms with E-state index in [9.17, 15) is 0 Å². The molecule has 0 bridgehead atoms. The normalized spacial score (nSPS) is 12.4. The average Bonchev–Trinajstić information content (AvgIpc) is 3.05. The Labute approximate surface area is 116 Å². The molecule has 0 saturated heterocycles. The third kappa shape index (κ3) is 2.05. The molecular weight excluding hydrogens is 252 g/mol. The standard InChI is InChI=1S/C15H14N4O/c1-3-10(7-16)15-17-8-13(19-15)11-4-5-12-14(6-11)20-9(2)18-12/h4-6,8,10H,3H2,1-2H3,(H,17,19). The molecule has 0 aliphatic carbocycles. The van der Waals surface area contributed by atoms with Crippen molar-refractivity contribution in [3.8, 4) is 17.3 Å². The molecule has 5 heteroatoms. The summed E-state index contributed by atoms with van der Waals surface area (Å²) in [5.74, 6) is 1.16. The van der Waals surface area contributed by atoms with Crippen LogP contribution in [0.4, 0.5) is 0 Å². The van der Waals surface area contributed by atoms with Crippen LogP contribution in [0.15, 0.2) is 28.8 Å². The first-order chi connectivity index (χ1) is 9.71. The summed E-state index contributed by atoms with van der Waals surface area (Å²) in [7, 11) is 0. The van der Waals surface area contributed by atoms with E-state index >= 15 is 0 Å². The van der Waals surface area contributed by atoms with Gasteiger partial charge in [0.15, 0.2) is 11.5 Å². The number of aromatic nitrogens is 3. The lowest BCUT2D eigenvalue weighted by molar-refractivity contribution is 0.561. The molecule has 1 aromatic carbocycles. The van der Waals surface area contributed by atoms with Gasteiger partial charge in [0.05, 0.1) is 18.0 Å². The minimum atomic E-state index is -0.194. The van der Waals surface area contributed by atoms with Crippen LogP contribution in [0.1, 0.15) is 31.0 Å². The van der Waals surface area contributed by atoms with Gasteiger partial charge < -0.3 is 9.40 Å². The first-order valence-electron chi connectivity index (χ1n) is 6.53. The van der Waals surface area contributed by atoms with E-state index in [4.69, 9.17) is 9.68 Å². The largest absolute Gasteiger partial charge is 0.441 e. The average molecular weight is 266 g/mol. The monoisotopic (exact) mass is 266 g/mol. The van der Waals surface area contributed by atoms with E-state index in [2.05, 4.69) is 21.0 Å². The van der Waals surface area contributed by atoms with Crippen molar-refractivity contribution in [2.75, 3.05) is 0 Å². The fourth-order valence-corrected chi connectivity index (χ4v) is 2.21. The smallest absolute Gasteiger partial charge is 0.192 e. The van der Waals surface area contributed by atoms with Gasteiger partial charge in [-0.1, -0.05) is 13.0 Å². The van der Waals surface area contributed by atoms with Gasteiger partial charge in [0.2, 0.25) is 0 Å². The molecular formula is C15H14N4O. The zero-order chi connectivity index (χ0) is 14.1. The van der Waals surface area contributed by atoms with E-state index in [1.54, 1.807) is 6.20 Å². The third-order valence-electron chi connectivity index (χ3n) is 3.30. The van der Waals surface area contributed by atoms with E-state index in [1.807, 2.05) is 32.0 Å². The number of nitriles is 1. The summed E-state index contributed by atoms with van der Waals surface area (Å²) >= 11 is 0. The molecule has 2 heterocycles. The van der Waals surface area contributed by atoms with E-state index < -0.39 is 0 Å². The van der Waals surface area contributed by atoms with Crippen LogP contribution < -0.4 is 0 Å². The second kappa shape index (κ2) is 4.82. The Morgan fingerprint density at radius 2 is 2.30 bits per heavy atom. The molecule has 2 aromatic heterocycles. The molecule has 0 radical (unpaired) electrons. The Balaban J connectivity index is 2.00. The number of nitrogens with zero attached hydrogens (tertiary/aromatic N) is 3. The summed E-state index contributed by atoms with van der Waals surface area (Å²) in [5, 5.41) is 9.07. The highest BCUT2D eigenvalue weighted by Crippen LogP contribution is 2.25. The lowest BCUT2D eigenvalue weighted by atomic mass is 10.1. The summed E-state index contributed by atoms with van der Waals surface area (Å²) in [6, 6.07) is 8.06. The number of nitrogens with one attached hydrogen (secondary N) is 1.